The molecule has 3 unspecified atom stereocenters. The molecule has 0 saturated carbocycles. The van der Waals surface area contributed by atoms with Crippen molar-refractivity contribution in [3.05, 3.63) is 70.0 Å². The standard InChI is InChI=1S/C25H27F7N2O2/c1-14-8-20(26)4-5-21(14)22-9-16(13-35)6-7-34(22)23(36)33(3)15(2)17-10-18(24(27,28)29)12-19(11-17)25(30,31)32/h4-5,8,10-12,15-16,22,35H,6-7,9,13H2,1-3H3. The van der Waals surface area contributed by atoms with Crippen molar-refractivity contribution < 1.29 is 40.6 Å². The van der Waals surface area contributed by atoms with E-state index in [1.165, 1.54) is 31.0 Å². The lowest BCUT2D eigenvalue weighted by Gasteiger charge is -2.42. The second kappa shape index (κ2) is 10.3. The lowest BCUT2D eigenvalue weighted by atomic mass is 9.86. The first-order chi connectivity index (χ1) is 16.6. The number of piperidine rings is 1. The average Bonchev–Trinajstić information content (AvgIpc) is 2.81. The molecule has 1 fully saturated rings. The summed E-state index contributed by atoms with van der Waals surface area (Å²) < 4.78 is 93.6. The highest BCUT2D eigenvalue weighted by molar-refractivity contribution is 5.75. The van der Waals surface area contributed by atoms with Gasteiger partial charge in [0, 0.05) is 20.2 Å². The number of likely N-dealkylation sites (tertiary alicyclic amines) is 1. The lowest BCUT2D eigenvalue weighted by molar-refractivity contribution is -0.143. The zero-order chi connectivity index (χ0) is 27.0. The van der Waals surface area contributed by atoms with Gasteiger partial charge in [-0.15, -0.1) is 0 Å². The number of halogens is 7. The van der Waals surface area contributed by atoms with Gasteiger partial charge in [-0.05, 0) is 79.6 Å². The van der Waals surface area contributed by atoms with E-state index in [-0.39, 0.29) is 30.7 Å². The third-order valence-corrected chi connectivity index (χ3v) is 6.78. The molecule has 1 saturated heterocycles. The lowest BCUT2D eigenvalue weighted by Crippen LogP contribution is -2.48. The molecule has 1 heterocycles. The number of aliphatic hydroxyl groups excluding tert-OH is 1. The van der Waals surface area contributed by atoms with E-state index in [0.29, 0.717) is 36.1 Å². The molecular formula is C25H27F7N2O2. The Morgan fingerprint density at radius 1 is 1.08 bits per heavy atom. The van der Waals surface area contributed by atoms with Crippen molar-refractivity contribution in [3.63, 3.8) is 0 Å². The quantitative estimate of drug-likeness (QED) is 0.455. The molecule has 0 bridgehead atoms. The molecule has 4 nitrogen and oxygen atoms in total. The van der Waals surface area contributed by atoms with E-state index in [1.807, 2.05) is 0 Å². The van der Waals surface area contributed by atoms with Crippen molar-refractivity contribution in [1.82, 2.24) is 9.80 Å². The predicted octanol–water partition coefficient (Wildman–Crippen LogP) is 6.73. The van der Waals surface area contributed by atoms with Crippen LogP contribution in [0.2, 0.25) is 0 Å². The Balaban J connectivity index is 1.96. The summed E-state index contributed by atoms with van der Waals surface area (Å²) in [4.78, 5) is 16.1. The maximum absolute atomic E-state index is 13.7. The number of amides is 2. The molecule has 2 aromatic rings. The monoisotopic (exact) mass is 520 g/mol. The third-order valence-electron chi connectivity index (χ3n) is 6.78. The van der Waals surface area contributed by atoms with Crippen LogP contribution in [0.25, 0.3) is 0 Å². The number of rotatable bonds is 4. The van der Waals surface area contributed by atoms with Crippen molar-refractivity contribution in [2.75, 3.05) is 20.2 Å². The molecule has 0 spiro atoms. The smallest absolute Gasteiger partial charge is 0.396 e. The van der Waals surface area contributed by atoms with Crippen LogP contribution < -0.4 is 0 Å². The second-order valence-corrected chi connectivity index (χ2v) is 9.19. The summed E-state index contributed by atoms with van der Waals surface area (Å²) in [6.07, 6.45) is -9.17. The van der Waals surface area contributed by atoms with E-state index in [9.17, 15) is 40.6 Å². The summed E-state index contributed by atoms with van der Waals surface area (Å²) in [7, 11) is 1.31. The molecule has 0 radical (unpaired) electrons. The van der Waals surface area contributed by atoms with Gasteiger partial charge in [-0.1, -0.05) is 6.07 Å². The largest absolute Gasteiger partial charge is 0.416 e. The first-order valence-corrected chi connectivity index (χ1v) is 11.3. The molecule has 0 aromatic heterocycles. The summed E-state index contributed by atoms with van der Waals surface area (Å²) in [5.74, 6) is -0.580. The molecule has 1 aliphatic rings. The van der Waals surface area contributed by atoms with E-state index < -0.39 is 47.4 Å². The molecule has 2 aromatic carbocycles. The van der Waals surface area contributed by atoms with Gasteiger partial charge in [0.1, 0.15) is 5.82 Å². The maximum atomic E-state index is 13.7. The molecular weight excluding hydrogens is 493 g/mol. The Hall–Kier alpha value is -2.82. The number of carbonyl (C=O) groups excluding carboxylic acids is 1. The molecule has 3 rings (SSSR count). The van der Waals surface area contributed by atoms with Crippen molar-refractivity contribution in [2.24, 2.45) is 5.92 Å². The highest BCUT2D eigenvalue weighted by atomic mass is 19.4. The van der Waals surface area contributed by atoms with Gasteiger partial charge in [0.2, 0.25) is 0 Å². The summed E-state index contributed by atoms with van der Waals surface area (Å²) in [6.45, 7) is 3.12. The fraction of sp³-hybridized carbons (Fsp3) is 0.480. The maximum Gasteiger partial charge on any atom is 0.416 e. The van der Waals surface area contributed by atoms with E-state index >= 15 is 0 Å². The highest BCUT2D eigenvalue weighted by Crippen LogP contribution is 2.40. The van der Waals surface area contributed by atoms with Gasteiger partial charge in [0.25, 0.3) is 0 Å². The topological polar surface area (TPSA) is 43.8 Å². The Morgan fingerprint density at radius 3 is 2.17 bits per heavy atom. The van der Waals surface area contributed by atoms with E-state index in [2.05, 4.69) is 0 Å². The minimum absolute atomic E-state index is 0.0467. The first kappa shape index (κ1) is 27.8. The van der Waals surface area contributed by atoms with Crippen LogP contribution in [0.4, 0.5) is 35.5 Å². The second-order valence-electron chi connectivity index (χ2n) is 9.19. The van der Waals surface area contributed by atoms with Crippen molar-refractivity contribution >= 4 is 6.03 Å². The summed E-state index contributed by atoms with van der Waals surface area (Å²) in [5, 5.41) is 9.67. The zero-order valence-corrected chi connectivity index (χ0v) is 19.9. The van der Waals surface area contributed by atoms with Crippen LogP contribution in [0.1, 0.15) is 59.7 Å². The number of alkyl halides is 6. The van der Waals surface area contributed by atoms with Gasteiger partial charge in [-0.2, -0.15) is 26.3 Å². The van der Waals surface area contributed by atoms with Crippen LogP contribution in [0.5, 0.6) is 0 Å². The normalized spacial score (nSPS) is 19.8. The van der Waals surface area contributed by atoms with Crippen LogP contribution in [0.3, 0.4) is 0 Å². The number of nitrogens with zero attached hydrogens (tertiary/aromatic N) is 2. The Bertz CT molecular complexity index is 1070. The molecule has 0 aliphatic carbocycles. The first-order valence-electron chi connectivity index (χ1n) is 11.3. The number of urea groups is 1. The summed E-state index contributed by atoms with van der Waals surface area (Å²) >= 11 is 0. The van der Waals surface area contributed by atoms with Crippen LogP contribution >= 0.6 is 0 Å². The fourth-order valence-electron chi connectivity index (χ4n) is 4.55. The number of aliphatic hydroxyl groups is 1. The van der Waals surface area contributed by atoms with E-state index in [0.717, 1.165) is 4.90 Å². The van der Waals surface area contributed by atoms with Crippen LogP contribution in [-0.2, 0) is 12.4 Å². The minimum atomic E-state index is -5.00. The molecule has 36 heavy (non-hydrogen) atoms. The van der Waals surface area contributed by atoms with Gasteiger partial charge in [0.15, 0.2) is 0 Å². The molecule has 1 aliphatic heterocycles. The predicted molar refractivity (Wildman–Crippen MR) is 118 cm³/mol. The number of hydrogen-bond donors (Lipinski definition) is 1. The SMILES string of the molecule is Cc1cc(F)ccc1C1CC(CO)CCN1C(=O)N(C)C(C)c1cc(C(F)(F)F)cc(C(F)(F)F)c1. The summed E-state index contributed by atoms with van der Waals surface area (Å²) in [5.41, 5.74) is -1.98. The van der Waals surface area contributed by atoms with Gasteiger partial charge < -0.3 is 14.9 Å². The molecule has 11 heteroatoms. The number of aryl methyl sites for hydroxylation is 1. The fourth-order valence-corrected chi connectivity index (χ4v) is 4.55. The third kappa shape index (κ3) is 5.93. The van der Waals surface area contributed by atoms with Crippen molar-refractivity contribution in [1.29, 1.82) is 0 Å². The van der Waals surface area contributed by atoms with Crippen LogP contribution in [-0.4, -0.2) is 41.1 Å². The van der Waals surface area contributed by atoms with Gasteiger partial charge in [-0.25, -0.2) is 9.18 Å². The highest BCUT2D eigenvalue weighted by Gasteiger charge is 2.39. The van der Waals surface area contributed by atoms with Gasteiger partial charge >= 0.3 is 18.4 Å². The number of carbonyl (C=O) groups is 1. The van der Waals surface area contributed by atoms with Gasteiger partial charge in [0.05, 0.1) is 23.2 Å². The molecule has 198 valence electrons. The number of benzene rings is 2. The molecule has 1 N–H and O–H groups in total. The minimum Gasteiger partial charge on any atom is -0.396 e. The molecule has 3 atom stereocenters. The molecule has 2 amide bonds. The Labute approximate surface area is 204 Å². The number of hydrogen-bond acceptors (Lipinski definition) is 2. The Morgan fingerprint density at radius 2 is 1.67 bits per heavy atom. The van der Waals surface area contributed by atoms with Crippen LogP contribution in [0, 0.1) is 18.7 Å². The van der Waals surface area contributed by atoms with Crippen molar-refractivity contribution in [2.45, 2.75) is 51.1 Å². The summed E-state index contributed by atoms with van der Waals surface area (Å²) in [6, 6.07) is 3.12. The van der Waals surface area contributed by atoms with E-state index in [1.54, 1.807) is 13.0 Å². The van der Waals surface area contributed by atoms with Crippen LogP contribution in [0.15, 0.2) is 36.4 Å². The average molecular weight is 520 g/mol. The van der Waals surface area contributed by atoms with Gasteiger partial charge in [-0.3, -0.25) is 0 Å². The van der Waals surface area contributed by atoms with Crippen molar-refractivity contribution in [3.8, 4) is 0 Å². The van der Waals surface area contributed by atoms with E-state index in [4.69, 9.17) is 0 Å². The zero-order valence-electron chi connectivity index (χ0n) is 19.9. The Kier molecular flexibility index (Phi) is 7.92.